The average Bonchev–Trinajstić information content (AvgIpc) is 2.83. The minimum absolute atomic E-state index is 0.0344. The van der Waals surface area contributed by atoms with E-state index in [2.05, 4.69) is 5.10 Å². The Hall–Kier alpha value is -1.97. The van der Waals surface area contributed by atoms with E-state index in [9.17, 15) is 9.59 Å². The summed E-state index contributed by atoms with van der Waals surface area (Å²) in [5.74, 6) is 0.127. The van der Waals surface area contributed by atoms with Gasteiger partial charge in [-0.2, -0.15) is 5.10 Å². The molecule has 17 heavy (non-hydrogen) atoms. The van der Waals surface area contributed by atoms with Crippen LogP contribution in [0.1, 0.15) is 35.7 Å². The van der Waals surface area contributed by atoms with Crippen molar-refractivity contribution < 1.29 is 9.59 Å². The Morgan fingerprint density at radius 1 is 1.24 bits per heavy atom. The first-order valence-electron chi connectivity index (χ1n) is 5.68. The van der Waals surface area contributed by atoms with Crippen molar-refractivity contribution in [1.82, 2.24) is 0 Å². The third kappa shape index (κ3) is 1.56. The summed E-state index contributed by atoms with van der Waals surface area (Å²) in [6.07, 6.45) is 1.75. The van der Waals surface area contributed by atoms with Gasteiger partial charge in [-0.15, -0.1) is 0 Å². The molecule has 0 N–H and O–H groups in total. The molecule has 2 aliphatic rings. The number of aryl methyl sites for hydroxylation is 1. The Balaban J connectivity index is 2.03. The molecule has 1 aliphatic heterocycles. The Morgan fingerprint density at radius 3 is 2.76 bits per heavy atom. The van der Waals surface area contributed by atoms with E-state index < -0.39 is 0 Å². The molecule has 0 spiro atoms. The van der Waals surface area contributed by atoms with Gasteiger partial charge in [-0.05, 0) is 31.0 Å². The number of hydrazone groups is 1. The van der Waals surface area contributed by atoms with Gasteiger partial charge in [-0.1, -0.05) is 6.07 Å². The quantitative estimate of drug-likeness (QED) is 0.737. The van der Waals surface area contributed by atoms with Gasteiger partial charge < -0.3 is 0 Å². The third-order valence-corrected chi connectivity index (χ3v) is 3.17. The molecule has 0 radical (unpaired) electrons. The molecular formula is C13H12N2O2. The molecule has 1 aliphatic carbocycles. The zero-order chi connectivity index (χ0) is 12.0. The van der Waals surface area contributed by atoms with E-state index in [1.807, 2.05) is 19.1 Å². The van der Waals surface area contributed by atoms with E-state index in [4.69, 9.17) is 0 Å². The fraction of sp³-hybridized carbons (Fsp3) is 0.308. The van der Waals surface area contributed by atoms with Gasteiger partial charge in [-0.25, -0.2) is 5.01 Å². The van der Waals surface area contributed by atoms with Gasteiger partial charge in [0.15, 0.2) is 5.78 Å². The molecule has 86 valence electrons. The van der Waals surface area contributed by atoms with E-state index in [0.29, 0.717) is 18.5 Å². The van der Waals surface area contributed by atoms with Gasteiger partial charge >= 0.3 is 0 Å². The monoisotopic (exact) mass is 228 g/mol. The van der Waals surface area contributed by atoms with Crippen LogP contribution >= 0.6 is 0 Å². The van der Waals surface area contributed by atoms with Crippen molar-refractivity contribution >= 4 is 23.1 Å². The second kappa shape index (κ2) is 3.52. The Labute approximate surface area is 98.9 Å². The van der Waals surface area contributed by atoms with E-state index in [-0.39, 0.29) is 11.7 Å². The van der Waals surface area contributed by atoms with E-state index in [1.165, 1.54) is 5.01 Å². The first kappa shape index (κ1) is 10.2. The summed E-state index contributed by atoms with van der Waals surface area (Å²) >= 11 is 0. The van der Waals surface area contributed by atoms with Crippen LogP contribution in [0.4, 0.5) is 5.69 Å². The fourth-order valence-corrected chi connectivity index (χ4v) is 2.31. The zero-order valence-corrected chi connectivity index (χ0v) is 9.56. The number of rotatable bonds is 1. The Morgan fingerprint density at radius 2 is 2.06 bits per heavy atom. The topological polar surface area (TPSA) is 49.7 Å². The lowest BCUT2D eigenvalue weighted by atomic mass is 10.1. The van der Waals surface area contributed by atoms with Crippen molar-refractivity contribution in [3.8, 4) is 0 Å². The number of anilines is 1. The molecule has 0 bridgehead atoms. The highest BCUT2D eigenvalue weighted by atomic mass is 16.2. The van der Waals surface area contributed by atoms with Crippen LogP contribution in [0, 0.1) is 0 Å². The molecular weight excluding hydrogens is 216 g/mol. The van der Waals surface area contributed by atoms with E-state index in [1.54, 1.807) is 6.07 Å². The molecule has 3 rings (SSSR count). The van der Waals surface area contributed by atoms with E-state index >= 15 is 0 Å². The Kier molecular flexibility index (Phi) is 2.11. The van der Waals surface area contributed by atoms with Gasteiger partial charge in [0.1, 0.15) is 0 Å². The van der Waals surface area contributed by atoms with Gasteiger partial charge in [0.05, 0.1) is 12.1 Å². The first-order valence-corrected chi connectivity index (χ1v) is 5.68. The highest BCUT2D eigenvalue weighted by Crippen LogP contribution is 2.28. The third-order valence-electron chi connectivity index (χ3n) is 3.17. The number of nitrogens with zero attached hydrogens (tertiary/aromatic N) is 2. The number of fused-ring (bicyclic) bond motifs is 1. The smallest absolute Gasteiger partial charge is 0.253 e. The summed E-state index contributed by atoms with van der Waals surface area (Å²) in [4.78, 5) is 23.3. The van der Waals surface area contributed by atoms with Crippen molar-refractivity contribution in [2.45, 2.75) is 26.2 Å². The molecule has 4 nitrogen and oxygen atoms in total. The lowest BCUT2D eigenvalue weighted by molar-refractivity contribution is -0.116. The molecule has 4 heteroatoms. The van der Waals surface area contributed by atoms with Gasteiger partial charge in [0.25, 0.3) is 5.91 Å². The van der Waals surface area contributed by atoms with Crippen LogP contribution in [0.25, 0.3) is 0 Å². The van der Waals surface area contributed by atoms with Crippen LogP contribution in [0.5, 0.6) is 0 Å². The normalized spacial score (nSPS) is 18.6. The van der Waals surface area contributed by atoms with Crippen LogP contribution in [0.15, 0.2) is 23.3 Å². The summed E-state index contributed by atoms with van der Waals surface area (Å²) < 4.78 is 0. The van der Waals surface area contributed by atoms with Crippen LogP contribution in [-0.2, 0) is 11.2 Å². The minimum atomic E-state index is -0.0344. The standard InChI is InChI=1S/C13H12N2O2/c1-8-6-13(17)15(14-8)10-4-2-9-3-5-12(16)11(9)7-10/h2,4,7H,3,5-6H2,1H3. The lowest BCUT2D eigenvalue weighted by Crippen LogP contribution is -2.19. The maximum Gasteiger partial charge on any atom is 0.253 e. The van der Waals surface area contributed by atoms with Crippen molar-refractivity contribution in [3.63, 3.8) is 0 Å². The van der Waals surface area contributed by atoms with Crippen LogP contribution in [0.2, 0.25) is 0 Å². The van der Waals surface area contributed by atoms with Crippen LogP contribution in [0.3, 0.4) is 0 Å². The molecule has 0 unspecified atom stereocenters. The molecule has 0 saturated carbocycles. The number of ketones is 1. The number of hydrogen-bond donors (Lipinski definition) is 0. The molecule has 0 aromatic heterocycles. The van der Waals surface area contributed by atoms with E-state index in [0.717, 1.165) is 23.3 Å². The maximum atomic E-state index is 11.7. The highest BCUT2D eigenvalue weighted by molar-refractivity contribution is 6.12. The van der Waals surface area contributed by atoms with Crippen molar-refractivity contribution in [1.29, 1.82) is 0 Å². The summed E-state index contributed by atoms with van der Waals surface area (Å²) in [6.45, 7) is 1.83. The second-order valence-electron chi connectivity index (χ2n) is 4.48. The summed E-state index contributed by atoms with van der Waals surface area (Å²) in [7, 11) is 0. The molecule has 0 atom stereocenters. The predicted octanol–water partition coefficient (Wildman–Crippen LogP) is 1.93. The van der Waals surface area contributed by atoms with Gasteiger partial charge in [-0.3, -0.25) is 9.59 Å². The predicted molar refractivity (Wildman–Crippen MR) is 64.3 cm³/mol. The first-order chi connectivity index (χ1) is 8.15. The van der Waals surface area contributed by atoms with Crippen molar-refractivity contribution in [3.05, 3.63) is 29.3 Å². The minimum Gasteiger partial charge on any atom is -0.294 e. The molecule has 1 aromatic rings. The lowest BCUT2D eigenvalue weighted by Gasteiger charge is -2.12. The average molecular weight is 228 g/mol. The summed E-state index contributed by atoms with van der Waals surface area (Å²) in [5.41, 5.74) is 3.32. The number of benzene rings is 1. The van der Waals surface area contributed by atoms with Crippen molar-refractivity contribution in [2.75, 3.05) is 5.01 Å². The fourth-order valence-electron chi connectivity index (χ4n) is 2.31. The molecule has 1 amide bonds. The van der Waals surface area contributed by atoms with Crippen LogP contribution < -0.4 is 5.01 Å². The van der Waals surface area contributed by atoms with Crippen LogP contribution in [-0.4, -0.2) is 17.4 Å². The Bertz CT molecular complexity index is 561. The van der Waals surface area contributed by atoms with Crippen molar-refractivity contribution in [2.24, 2.45) is 5.10 Å². The number of carbonyl (C=O) groups excluding carboxylic acids is 2. The maximum absolute atomic E-state index is 11.7. The van der Waals surface area contributed by atoms with Gasteiger partial charge in [0, 0.05) is 17.7 Å². The zero-order valence-electron chi connectivity index (χ0n) is 9.56. The second-order valence-corrected chi connectivity index (χ2v) is 4.48. The van der Waals surface area contributed by atoms with Gasteiger partial charge in [0.2, 0.25) is 0 Å². The molecule has 0 fully saturated rings. The molecule has 0 saturated heterocycles. The number of amides is 1. The SMILES string of the molecule is CC1=NN(c2ccc3c(c2)C(=O)CC3)C(=O)C1. The number of Topliss-reactive ketones (excluding diaryl/α,β-unsaturated/α-hetero) is 1. The number of carbonyl (C=O) groups is 2. The molecule has 1 heterocycles. The molecule has 1 aromatic carbocycles. The largest absolute Gasteiger partial charge is 0.294 e. The highest BCUT2D eigenvalue weighted by Gasteiger charge is 2.25. The summed E-state index contributed by atoms with van der Waals surface area (Å²) in [5, 5.41) is 5.57. The summed E-state index contributed by atoms with van der Waals surface area (Å²) in [6, 6.07) is 5.56. The number of hydrogen-bond acceptors (Lipinski definition) is 3.